The zero-order chi connectivity index (χ0) is 6.57. The molecule has 5 nitrogen and oxygen atoms in total. The molecule has 2 amide bonds. The fourth-order valence-electron chi connectivity index (χ4n) is 0.222. The Morgan fingerprint density at radius 3 is 2.38 bits per heavy atom. The van der Waals surface area contributed by atoms with Gasteiger partial charge in [0.25, 0.3) is 0 Å². The summed E-state index contributed by atoms with van der Waals surface area (Å²) in [4.78, 5) is 10.1. The Hall–Kier alpha value is -0.810. The van der Waals surface area contributed by atoms with Crippen molar-refractivity contribution in [2.75, 3.05) is 6.54 Å². The van der Waals surface area contributed by atoms with Crippen LogP contribution in [0.1, 0.15) is 6.92 Å². The molecule has 0 aromatic carbocycles. The number of nitrogens with one attached hydrogen (secondary N) is 1. The van der Waals surface area contributed by atoms with E-state index in [1.54, 1.807) is 6.92 Å². The van der Waals surface area contributed by atoms with E-state index in [9.17, 15) is 4.79 Å². The zero-order valence-corrected chi connectivity index (χ0v) is 4.46. The van der Waals surface area contributed by atoms with Gasteiger partial charge in [-0.3, -0.25) is 10.4 Å². The van der Waals surface area contributed by atoms with Crippen LogP contribution in [0.2, 0.25) is 0 Å². The minimum absolute atomic E-state index is 0.371. The van der Waals surface area contributed by atoms with Crippen LogP contribution in [0.5, 0.6) is 0 Å². The first-order valence-electron chi connectivity index (χ1n) is 2.14. The fraction of sp³-hybridized carbons (Fsp3) is 0.667. The number of hydroxylamine groups is 2. The molecule has 0 aromatic heterocycles. The van der Waals surface area contributed by atoms with E-state index in [2.05, 4.69) is 5.32 Å². The maximum Gasteiger partial charge on any atom is 0.366 e. The van der Waals surface area contributed by atoms with Gasteiger partial charge in [0.2, 0.25) is 0 Å². The van der Waals surface area contributed by atoms with Crippen LogP contribution in [0.15, 0.2) is 0 Å². The van der Waals surface area contributed by atoms with Gasteiger partial charge in [-0.2, -0.15) is 0 Å². The second-order valence-corrected chi connectivity index (χ2v) is 1.12. The van der Waals surface area contributed by atoms with Crippen LogP contribution in [-0.2, 0) is 0 Å². The third-order valence-corrected chi connectivity index (χ3v) is 0.510. The number of hydrogen-bond acceptors (Lipinski definition) is 3. The first kappa shape index (κ1) is 7.19. The molecule has 0 saturated carbocycles. The average Bonchev–Trinajstić information content (AvgIpc) is 1.67. The highest BCUT2D eigenvalue weighted by Crippen LogP contribution is 1.71. The maximum atomic E-state index is 10.1. The molecular weight excluding hydrogens is 112 g/mol. The van der Waals surface area contributed by atoms with Crippen molar-refractivity contribution in [3.05, 3.63) is 0 Å². The number of hydrogen-bond donors (Lipinski definition) is 3. The Kier molecular flexibility index (Phi) is 2.90. The van der Waals surface area contributed by atoms with Gasteiger partial charge < -0.3 is 5.32 Å². The monoisotopic (exact) mass is 120 g/mol. The summed E-state index contributed by atoms with van der Waals surface area (Å²) in [5.74, 6) is 0. The fourth-order valence-corrected chi connectivity index (χ4v) is 0.222. The molecule has 48 valence electrons. The lowest BCUT2D eigenvalue weighted by atomic mass is 10.7. The maximum absolute atomic E-state index is 10.1. The molecule has 0 saturated heterocycles. The van der Waals surface area contributed by atoms with E-state index in [0.29, 0.717) is 6.54 Å². The summed E-state index contributed by atoms with van der Waals surface area (Å²) >= 11 is 0. The number of urea groups is 1. The summed E-state index contributed by atoms with van der Waals surface area (Å²) in [7, 11) is 0. The molecule has 0 unspecified atom stereocenters. The molecule has 0 aliphatic carbocycles. The molecule has 3 N–H and O–H groups in total. The van der Waals surface area contributed by atoms with Gasteiger partial charge >= 0.3 is 6.03 Å². The van der Waals surface area contributed by atoms with Crippen LogP contribution in [0.4, 0.5) is 4.79 Å². The molecule has 5 heteroatoms. The largest absolute Gasteiger partial charge is 0.366 e. The first-order chi connectivity index (χ1) is 3.68. The highest BCUT2D eigenvalue weighted by atomic mass is 16.8. The van der Waals surface area contributed by atoms with Crippen molar-refractivity contribution in [1.82, 2.24) is 10.5 Å². The third kappa shape index (κ3) is 2.38. The van der Waals surface area contributed by atoms with E-state index in [-0.39, 0.29) is 0 Å². The quantitative estimate of drug-likeness (QED) is 0.331. The van der Waals surface area contributed by atoms with Gasteiger partial charge in [0.1, 0.15) is 0 Å². The van der Waals surface area contributed by atoms with Crippen LogP contribution in [0, 0.1) is 0 Å². The number of nitrogens with zero attached hydrogens (tertiary/aromatic N) is 1. The summed E-state index contributed by atoms with van der Waals surface area (Å²) in [5.41, 5.74) is 0. The second-order valence-electron chi connectivity index (χ2n) is 1.12. The number of amides is 2. The molecule has 0 aromatic rings. The summed E-state index contributed by atoms with van der Waals surface area (Å²) in [6.45, 7) is 2.04. The standard InChI is InChI=1S/C3H8N2O3/c1-2-4-3(6)5(7)8/h7-8H,2H2,1H3,(H,4,6). The van der Waals surface area contributed by atoms with Crippen LogP contribution in [-0.4, -0.2) is 28.2 Å². The lowest BCUT2D eigenvalue weighted by Crippen LogP contribution is -2.34. The van der Waals surface area contributed by atoms with E-state index in [1.165, 1.54) is 0 Å². The van der Waals surface area contributed by atoms with E-state index >= 15 is 0 Å². The molecule has 0 heterocycles. The van der Waals surface area contributed by atoms with Gasteiger partial charge in [-0.05, 0) is 6.92 Å². The van der Waals surface area contributed by atoms with Crippen molar-refractivity contribution >= 4 is 6.03 Å². The van der Waals surface area contributed by atoms with Crippen LogP contribution in [0.25, 0.3) is 0 Å². The Morgan fingerprint density at radius 2 is 2.25 bits per heavy atom. The molecule has 0 fully saturated rings. The minimum Gasteiger partial charge on any atom is -0.335 e. The average molecular weight is 120 g/mol. The minimum atomic E-state index is -0.924. The van der Waals surface area contributed by atoms with Gasteiger partial charge in [0.05, 0.1) is 0 Å². The molecule has 0 rings (SSSR count). The van der Waals surface area contributed by atoms with Gasteiger partial charge in [-0.25, -0.2) is 4.79 Å². The Balaban J connectivity index is 3.33. The topological polar surface area (TPSA) is 72.8 Å². The van der Waals surface area contributed by atoms with E-state index in [4.69, 9.17) is 10.4 Å². The van der Waals surface area contributed by atoms with Gasteiger partial charge in [0.15, 0.2) is 0 Å². The van der Waals surface area contributed by atoms with Crippen molar-refractivity contribution in [2.45, 2.75) is 6.92 Å². The molecular formula is C3H8N2O3. The predicted molar refractivity (Wildman–Crippen MR) is 24.5 cm³/mol. The zero-order valence-electron chi connectivity index (χ0n) is 4.46. The van der Waals surface area contributed by atoms with Gasteiger partial charge in [-0.15, -0.1) is 0 Å². The third-order valence-electron chi connectivity index (χ3n) is 0.510. The Morgan fingerprint density at radius 1 is 1.75 bits per heavy atom. The van der Waals surface area contributed by atoms with Crippen LogP contribution in [0.3, 0.4) is 0 Å². The van der Waals surface area contributed by atoms with Crippen molar-refractivity contribution in [3.8, 4) is 0 Å². The van der Waals surface area contributed by atoms with Crippen molar-refractivity contribution in [1.29, 1.82) is 0 Å². The Labute approximate surface area is 46.4 Å². The van der Waals surface area contributed by atoms with Crippen molar-refractivity contribution in [3.63, 3.8) is 0 Å². The predicted octanol–water partition coefficient (Wildman–Crippen LogP) is -0.204. The van der Waals surface area contributed by atoms with Gasteiger partial charge in [-0.1, -0.05) is 5.23 Å². The normalized spacial score (nSPS) is 8.38. The van der Waals surface area contributed by atoms with Crippen molar-refractivity contribution in [2.24, 2.45) is 0 Å². The summed E-state index contributed by atoms with van der Waals surface area (Å²) in [6.07, 6.45) is 0. The SMILES string of the molecule is CCNC(=O)N(O)O. The molecule has 0 radical (unpaired) electrons. The van der Waals surface area contributed by atoms with Crippen LogP contribution < -0.4 is 5.32 Å². The molecule has 0 bridgehead atoms. The van der Waals surface area contributed by atoms with Crippen LogP contribution >= 0.6 is 0 Å². The van der Waals surface area contributed by atoms with E-state index in [1.807, 2.05) is 0 Å². The number of rotatable bonds is 1. The first-order valence-corrected chi connectivity index (χ1v) is 2.14. The van der Waals surface area contributed by atoms with Crippen molar-refractivity contribution < 1.29 is 15.2 Å². The lowest BCUT2D eigenvalue weighted by Gasteiger charge is -2.04. The molecule has 0 aliphatic rings. The molecule has 0 spiro atoms. The lowest BCUT2D eigenvalue weighted by molar-refractivity contribution is -0.258. The summed E-state index contributed by atoms with van der Waals surface area (Å²) in [6, 6.07) is -0.924. The number of carbonyl (C=O) groups is 1. The molecule has 0 aliphatic heterocycles. The highest BCUT2D eigenvalue weighted by Gasteiger charge is 2.02. The van der Waals surface area contributed by atoms with E-state index in [0.717, 1.165) is 0 Å². The van der Waals surface area contributed by atoms with Gasteiger partial charge in [0, 0.05) is 6.54 Å². The smallest absolute Gasteiger partial charge is 0.335 e. The highest BCUT2D eigenvalue weighted by molar-refractivity contribution is 5.71. The summed E-state index contributed by atoms with van der Waals surface area (Å²) in [5, 5.41) is 17.5. The molecule has 8 heavy (non-hydrogen) atoms. The summed E-state index contributed by atoms with van der Waals surface area (Å²) < 4.78 is 0. The molecule has 0 atom stereocenters. The number of carbonyl (C=O) groups excluding carboxylic acids is 1. The van der Waals surface area contributed by atoms with E-state index < -0.39 is 11.3 Å². The Bertz CT molecular complexity index is 82.6. The second kappa shape index (κ2) is 3.23.